The van der Waals surface area contributed by atoms with Gasteiger partial charge in [-0.25, -0.2) is 4.98 Å². The van der Waals surface area contributed by atoms with Crippen LogP contribution in [0.4, 0.5) is 11.5 Å². The standard InChI is InChI=1S/C16H18N4O/c17-14-9-19-15(8-13(14)16(18)21)20-7-3-6-11-4-1-2-5-12(11)10-20/h1-2,4-5,8-9H,3,6-7,10,17H2,(H2,18,21). The third kappa shape index (κ3) is 2.67. The highest BCUT2D eigenvalue weighted by Crippen LogP contribution is 2.24. The van der Waals surface area contributed by atoms with Crippen LogP contribution in [0.25, 0.3) is 0 Å². The van der Waals surface area contributed by atoms with E-state index in [2.05, 4.69) is 28.1 Å². The molecule has 0 saturated heterocycles. The van der Waals surface area contributed by atoms with Gasteiger partial charge in [-0.2, -0.15) is 0 Å². The molecular formula is C16H18N4O. The summed E-state index contributed by atoms with van der Waals surface area (Å²) in [5, 5.41) is 0. The number of hydrogen-bond donors (Lipinski definition) is 2. The average molecular weight is 282 g/mol. The van der Waals surface area contributed by atoms with Gasteiger partial charge in [0.1, 0.15) is 5.82 Å². The van der Waals surface area contributed by atoms with Gasteiger partial charge in [0.15, 0.2) is 0 Å². The summed E-state index contributed by atoms with van der Waals surface area (Å²) in [5.41, 5.74) is 14.4. The molecule has 0 unspecified atom stereocenters. The fraction of sp³-hybridized carbons (Fsp3) is 0.250. The Morgan fingerprint density at radius 1 is 1.24 bits per heavy atom. The number of amides is 1. The van der Waals surface area contributed by atoms with Crippen molar-refractivity contribution in [3.63, 3.8) is 0 Å². The molecule has 1 aromatic carbocycles. The number of carbonyl (C=O) groups is 1. The van der Waals surface area contributed by atoms with Gasteiger partial charge < -0.3 is 16.4 Å². The largest absolute Gasteiger partial charge is 0.397 e. The van der Waals surface area contributed by atoms with Gasteiger partial charge in [-0.15, -0.1) is 0 Å². The second kappa shape index (κ2) is 5.44. The van der Waals surface area contributed by atoms with Crippen LogP contribution in [-0.2, 0) is 13.0 Å². The lowest BCUT2D eigenvalue weighted by molar-refractivity contribution is 0.100. The zero-order valence-electron chi connectivity index (χ0n) is 11.7. The van der Waals surface area contributed by atoms with E-state index >= 15 is 0 Å². The fourth-order valence-corrected chi connectivity index (χ4v) is 2.74. The zero-order chi connectivity index (χ0) is 14.8. The maximum absolute atomic E-state index is 11.4. The van der Waals surface area contributed by atoms with Crippen LogP contribution in [0.1, 0.15) is 27.9 Å². The molecule has 108 valence electrons. The molecule has 5 heteroatoms. The monoisotopic (exact) mass is 282 g/mol. The Balaban J connectivity index is 1.94. The highest BCUT2D eigenvalue weighted by atomic mass is 16.1. The molecule has 0 spiro atoms. The molecule has 5 nitrogen and oxygen atoms in total. The van der Waals surface area contributed by atoms with Gasteiger partial charge in [0, 0.05) is 13.1 Å². The van der Waals surface area contributed by atoms with Gasteiger partial charge in [0.05, 0.1) is 17.4 Å². The summed E-state index contributed by atoms with van der Waals surface area (Å²) in [7, 11) is 0. The molecule has 0 radical (unpaired) electrons. The van der Waals surface area contributed by atoms with E-state index in [-0.39, 0.29) is 0 Å². The SMILES string of the molecule is NC(=O)c1cc(N2CCCc3ccccc3C2)ncc1N. The fourth-order valence-electron chi connectivity index (χ4n) is 2.74. The Kier molecular flexibility index (Phi) is 3.48. The number of carbonyl (C=O) groups excluding carboxylic acids is 1. The van der Waals surface area contributed by atoms with Crippen molar-refractivity contribution in [1.29, 1.82) is 0 Å². The van der Waals surface area contributed by atoms with Crippen molar-refractivity contribution in [2.75, 3.05) is 17.2 Å². The summed E-state index contributed by atoms with van der Waals surface area (Å²) in [6.07, 6.45) is 3.62. The number of aryl methyl sites for hydroxylation is 1. The molecule has 3 rings (SSSR count). The first-order valence-electron chi connectivity index (χ1n) is 7.02. The van der Waals surface area contributed by atoms with E-state index in [1.165, 1.54) is 17.3 Å². The maximum Gasteiger partial charge on any atom is 0.250 e. The zero-order valence-corrected chi connectivity index (χ0v) is 11.7. The molecule has 0 fully saturated rings. The molecule has 2 aromatic rings. The Hall–Kier alpha value is -2.56. The molecule has 1 aliphatic heterocycles. The van der Waals surface area contributed by atoms with Gasteiger partial charge in [0.25, 0.3) is 5.91 Å². The number of benzene rings is 1. The van der Waals surface area contributed by atoms with Crippen molar-refractivity contribution < 1.29 is 4.79 Å². The molecule has 0 atom stereocenters. The summed E-state index contributed by atoms with van der Waals surface area (Å²) in [5.74, 6) is 0.223. The summed E-state index contributed by atoms with van der Waals surface area (Å²) in [4.78, 5) is 17.9. The van der Waals surface area contributed by atoms with E-state index < -0.39 is 5.91 Å². The predicted octanol–water partition coefficient (Wildman–Crippen LogP) is 1.72. The molecule has 0 aliphatic carbocycles. The predicted molar refractivity (Wildman–Crippen MR) is 83.0 cm³/mol. The Bertz CT molecular complexity index is 684. The number of primary amides is 1. The van der Waals surface area contributed by atoms with Crippen LogP contribution in [0, 0.1) is 0 Å². The first-order chi connectivity index (χ1) is 10.1. The van der Waals surface area contributed by atoms with E-state index in [9.17, 15) is 4.79 Å². The Morgan fingerprint density at radius 3 is 2.76 bits per heavy atom. The van der Waals surface area contributed by atoms with E-state index in [1.54, 1.807) is 6.07 Å². The van der Waals surface area contributed by atoms with Crippen molar-refractivity contribution in [1.82, 2.24) is 4.98 Å². The van der Waals surface area contributed by atoms with Gasteiger partial charge in [-0.3, -0.25) is 4.79 Å². The van der Waals surface area contributed by atoms with Crippen molar-refractivity contribution in [2.45, 2.75) is 19.4 Å². The molecule has 1 aliphatic rings. The molecule has 2 heterocycles. The van der Waals surface area contributed by atoms with Crippen LogP contribution in [0.3, 0.4) is 0 Å². The van der Waals surface area contributed by atoms with Crippen LogP contribution < -0.4 is 16.4 Å². The minimum atomic E-state index is -0.522. The van der Waals surface area contributed by atoms with E-state index in [1.807, 2.05) is 6.07 Å². The van der Waals surface area contributed by atoms with E-state index in [4.69, 9.17) is 11.5 Å². The van der Waals surface area contributed by atoms with Crippen molar-refractivity contribution in [3.8, 4) is 0 Å². The van der Waals surface area contributed by atoms with E-state index in [0.29, 0.717) is 11.3 Å². The number of nitrogens with zero attached hydrogens (tertiary/aromatic N) is 2. The van der Waals surface area contributed by atoms with Crippen LogP contribution in [-0.4, -0.2) is 17.4 Å². The number of hydrogen-bond acceptors (Lipinski definition) is 4. The van der Waals surface area contributed by atoms with E-state index in [0.717, 1.165) is 31.7 Å². The molecule has 1 amide bonds. The summed E-state index contributed by atoms with van der Waals surface area (Å²) in [6, 6.07) is 10.1. The van der Waals surface area contributed by atoms with Gasteiger partial charge in [0.2, 0.25) is 0 Å². The minimum Gasteiger partial charge on any atom is -0.397 e. The van der Waals surface area contributed by atoms with Crippen LogP contribution in [0.5, 0.6) is 0 Å². The van der Waals surface area contributed by atoms with Gasteiger partial charge in [-0.05, 0) is 30.0 Å². The second-order valence-corrected chi connectivity index (χ2v) is 5.29. The van der Waals surface area contributed by atoms with Crippen molar-refractivity contribution in [3.05, 3.63) is 53.2 Å². The number of anilines is 2. The molecule has 4 N–H and O–H groups in total. The van der Waals surface area contributed by atoms with Gasteiger partial charge >= 0.3 is 0 Å². The maximum atomic E-state index is 11.4. The molecule has 0 bridgehead atoms. The summed E-state index contributed by atoms with van der Waals surface area (Å²) >= 11 is 0. The first kappa shape index (κ1) is 13.4. The topological polar surface area (TPSA) is 85.2 Å². The average Bonchev–Trinajstić information content (AvgIpc) is 2.69. The number of nitrogen functional groups attached to an aromatic ring is 1. The third-order valence-electron chi connectivity index (χ3n) is 3.86. The van der Waals surface area contributed by atoms with Crippen LogP contribution >= 0.6 is 0 Å². The number of rotatable bonds is 2. The number of pyridine rings is 1. The third-order valence-corrected chi connectivity index (χ3v) is 3.86. The molecule has 1 aromatic heterocycles. The minimum absolute atomic E-state index is 0.321. The number of aromatic nitrogens is 1. The Labute approximate surface area is 123 Å². The second-order valence-electron chi connectivity index (χ2n) is 5.29. The lowest BCUT2D eigenvalue weighted by Crippen LogP contribution is -2.24. The molecular weight excluding hydrogens is 264 g/mol. The summed E-state index contributed by atoms with van der Waals surface area (Å²) < 4.78 is 0. The molecule has 21 heavy (non-hydrogen) atoms. The smallest absolute Gasteiger partial charge is 0.250 e. The van der Waals surface area contributed by atoms with Gasteiger partial charge in [-0.1, -0.05) is 24.3 Å². The first-order valence-corrected chi connectivity index (χ1v) is 7.02. The lowest BCUT2D eigenvalue weighted by Gasteiger charge is -2.22. The van der Waals surface area contributed by atoms with Crippen LogP contribution in [0.15, 0.2) is 36.5 Å². The summed E-state index contributed by atoms with van der Waals surface area (Å²) in [6.45, 7) is 1.68. The number of nitrogens with two attached hydrogens (primary N) is 2. The number of fused-ring (bicyclic) bond motifs is 1. The Morgan fingerprint density at radius 2 is 2.00 bits per heavy atom. The normalized spacial score (nSPS) is 14.4. The van der Waals surface area contributed by atoms with Crippen molar-refractivity contribution >= 4 is 17.4 Å². The highest BCUT2D eigenvalue weighted by molar-refractivity contribution is 5.98. The van der Waals surface area contributed by atoms with Crippen molar-refractivity contribution in [2.24, 2.45) is 5.73 Å². The quantitative estimate of drug-likeness (QED) is 0.878. The lowest BCUT2D eigenvalue weighted by atomic mass is 10.0. The van der Waals surface area contributed by atoms with Crippen LogP contribution in [0.2, 0.25) is 0 Å². The molecule has 0 saturated carbocycles. The highest BCUT2D eigenvalue weighted by Gasteiger charge is 2.17.